The minimum absolute atomic E-state index is 0.000420. The summed E-state index contributed by atoms with van der Waals surface area (Å²) in [5.41, 5.74) is 8.13. The predicted molar refractivity (Wildman–Crippen MR) is 86.1 cm³/mol. The molecule has 0 bridgehead atoms. The molecule has 1 aromatic heterocycles. The van der Waals surface area contributed by atoms with Gasteiger partial charge in [-0.15, -0.1) is 0 Å². The van der Waals surface area contributed by atoms with Crippen LogP contribution >= 0.6 is 0 Å². The average molecular weight is 285 g/mol. The molecule has 0 aliphatic heterocycles. The predicted octanol–water partition coefficient (Wildman–Crippen LogP) is 3.30. The largest absolute Gasteiger partial charge is 0.399 e. The van der Waals surface area contributed by atoms with Crippen molar-refractivity contribution in [1.82, 2.24) is 10.3 Å². The number of nitrogen functional groups attached to an aromatic ring is 1. The molecule has 3 unspecified atom stereocenters. The molecule has 1 heterocycles. The Morgan fingerprint density at radius 3 is 2.95 bits per heavy atom. The lowest BCUT2D eigenvalue weighted by molar-refractivity contribution is 0.0928. The van der Waals surface area contributed by atoms with E-state index in [4.69, 9.17) is 5.73 Å². The molecule has 1 amide bonds. The number of benzene rings is 1. The molecule has 21 heavy (non-hydrogen) atoms. The van der Waals surface area contributed by atoms with E-state index in [1.165, 1.54) is 12.8 Å². The van der Waals surface area contributed by atoms with E-state index in [-0.39, 0.29) is 11.9 Å². The standard InChI is InChI=1S/C17H23N3O/c1-3-11-4-6-15(10(11)2)20-17(21)14-9-19-16-7-5-12(18)8-13(14)16/h5,7-11,15,19H,3-4,6,18H2,1-2H3,(H,20,21). The Balaban J connectivity index is 1.80. The van der Waals surface area contributed by atoms with Gasteiger partial charge in [-0.25, -0.2) is 0 Å². The molecule has 1 aliphatic rings. The molecule has 2 aromatic rings. The van der Waals surface area contributed by atoms with Crippen molar-refractivity contribution in [3.05, 3.63) is 30.0 Å². The molecule has 0 saturated heterocycles. The van der Waals surface area contributed by atoms with E-state index in [2.05, 4.69) is 24.1 Å². The van der Waals surface area contributed by atoms with Crippen LogP contribution < -0.4 is 11.1 Å². The van der Waals surface area contributed by atoms with Crippen molar-refractivity contribution in [3.63, 3.8) is 0 Å². The van der Waals surface area contributed by atoms with Crippen LogP contribution in [0, 0.1) is 11.8 Å². The van der Waals surface area contributed by atoms with E-state index in [9.17, 15) is 4.79 Å². The summed E-state index contributed by atoms with van der Waals surface area (Å²) in [5, 5.41) is 4.10. The summed E-state index contributed by atoms with van der Waals surface area (Å²) >= 11 is 0. The number of anilines is 1. The first-order chi connectivity index (χ1) is 10.1. The van der Waals surface area contributed by atoms with Gasteiger partial charge in [-0.1, -0.05) is 20.3 Å². The number of nitrogens with one attached hydrogen (secondary N) is 2. The van der Waals surface area contributed by atoms with Gasteiger partial charge in [-0.2, -0.15) is 0 Å². The molecule has 112 valence electrons. The average Bonchev–Trinajstić information content (AvgIpc) is 3.03. The molecule has 4 heteroatoms. The van der Waals surface area contributed by atoms with Gasteiger partial charge in [0.2, 0.25) is 0 Å². The van der Waals surface area contributed by atoms with E-state index in [0.717, 1.165) is 23.2 Å². The van der Waals surface area contributed by atoms with Gasteiger partial charge in [0.25, 0.3) is 5.91 Å². The fraction of sp³-hybridized carbons (Fsp3) is 0.471. The summed E-state index contributed by atoms with van der Waals surface area (Å²) < 4.78 is 0. The molecular formula is C17H23N3O. The summed E-state index contributed by atoms with van der Waals surface area (Å²) in [4.78, 5) is 15.7. The Bertz CT molecular complexity index is 661. The van der Waals surface area contributed by atoms with Crippen molar-refractivity contribution in [1.29, 1.82) is 0 Å². The maximum Gasteiger partial charge on any atom is 0.253 e. The first-order valence-corrected chi connectivity index (χ1v) is 7.77. The monoisotopic (exact) mass is 285 g/mol. The third-order valence-electron chi connectivity index (χ3n) is 5.02. The van der Waals surface area contributed by atoms with Crippen LogP contribution in [-0.4, -0.2) is 16.9 Å². The fourth-order valence-corrected chi connectivity index (χ4v) is 3.60. The number of aromatic amines is 1. The van der Waals surface area contributed by atoms with Gasteiger partial charge >= 0.3 is 0 Å². The molecule has 3 atom stereocenters. The molecule has 3 rings (SSSR count). The summed E-state index contributed by atoms with van der Waals surface area (Å²) in [6.07, 6.45) is 5.26. The van der Waals surface area contributed by atoms with E-state index >= 15 is 0 Å². The van der Waals surface area contributed by atoms with Gasteiger partial charge < -0.3 is 16.0 Å². The fourth-order valence-electron chi connectivity index (χ4n) is 3.60. The lowest BCUT2D eigenvalue weighted by Crippen LogP contribution is -2.37. The number of amides is 1. The van der Waals surface area contributed by atoms with Gasteiger partial charge in [0, 0.05) is 28.8 Å². The van der Waals surface area contributed by atoms with Crippen LogP contribution in [-0.2, 0) is 0 Å². The quantitative estimate of drug-likeness (QED) is 0.757. The zero-order valence-corrected chi connectivity index (χ0v) is 12.6. The molecular weight excluding hydrogens is 262 g/mol. The molecule has 1 saturated carbocycles. The third kappa shape index (κ3) is 2.50. The number of aromatic nitrogens is 1. The molecule has 4 nitrogen and oxygen atoms in total. The maximum atomic E-state index is 12.6. The van der Waals surface area contributed by atoms with Crippen LogP contribution in [0.2, 0.25) is 0 Å². The highest BCUT2D eigenvalue weighted by molar-refractivity contribution is 6.07. The Morgan fingerprint density at radius 1 is 1.43 bits per heavy atom. The molecule has 1 fully saturated rings. The number of carbonyl (C=O) groups excluding carboxylic acids is 1. The second-order valence-electron chi connectivity index (χ2n) is 6.19. The third-order valence-corrected chi connectivity index (χ3v) is 5.02. The van der Waals surface area contributed by atoms with E-state index in [0.29, 0.717) is 17.2 Å². The van der Waals surface area contributed by atoms with E-state index < -0.39 is 0 Å². The van der Waals surface area contributed by atoms with Crippen molar-refractivity contribution in [2.45, 2.75) is 39.2 Å². The lowest BCUT2D eigenvalue weighted by atomic mass is 9.93. The molecule has 4 N–H and O–H groups in total. The SMILES string of the molecule is CCC1CCC(NC(=O)c2c[nH]c3ccc(N)cc23)C1C. The number of nitrogens with two attached hydrogens (primary N) is 1. The van der Waals surface area contributed by atoms with Crippen molar-refractivity contribution in [3.8, 4) is 0 Å². The van der Waals surface area contributed by atoms with Gasteiger partial charge in [0.1, 0.15) is 0 Å². The maximum absolute atomic E-state index is 12.6. The van der Waals surface area contributed by atoms with Crippen LogP contribution in [0.15, 0.2) is 24.4 Å². The molecule has 1 aromatic carbocycles. The summed E-state index contributed by atoms with van der Waals surface area (Å²) in [5.74, 6) is 1.28. The zero-order valence-electron chi connectivity index (χ0n) is 12.6. The molecule has 1 aliphatic carbocycles. The van der Waals surface area contributed by atoms with Crippen LogP contribution in [0.5, 0.6) is 0 Å². The number of H-pyrrole nitrogens is 1. The highest BCUT2D eigenvalue weighted by Gasteiger charge is 2.32. The minimum atomic E-state index is 0.000420. The first-order valence-electron chi connectivity index (χ1n) is 7.77. The van der Waals surface area contributed by atoms with Crippen molar-refractivity contribution in [2.75, 3.05) is 5.73 Å². The van der Waals surface area contributed by atoms with Crippen molar-refractivity contribution < 1.29 is 4.79 Å². The summed E-state index contributed by atoms with van der Waals surface area (Å²) in [6, 6.07) is 5.89. The Kier molecular flexibility index (Phi) is 3.62. The summed E-state index contributed by atoms with van der Waals surface area (Å²) in [6.45, 7) is 4.48. The van der Waals surface area contributed by atoms with Crippen LogP contribution in [0.4, 0.5) is 5.69 Å². The normalized spacial score (nSPS) is 25.3. The topological polar surface area (TPSA) is 70.9 Å². The highest BCUT2D eigenvalue weighted by Crippen LogP contribution is 2.34. The van der Waals surface area contributed by atoms with E-state index in [1.54, 1.807) is 6.20 Å². The first kappa shape index (κ1) is 14.0. The lowest BCUT2D eigenvalue weighted by Gasteiger charge is -2.20. The van der Waals surface area contributed by atoms with Crippen LogP contribution in [0.1, 0.15) is 43.5 Å². The molecule has 0 radical (unpaired) electrons. The Morgan fingerprint density at radius 2 is 2.24 bits per heavy atom. The zero-order chi connectivity index (χ0) is 15.0. The van der Waals surface area contributed by atoms with E-state index in [1.807, 2.05) is 18.2 Å². The number of hydrogen-bond acceptors (Lipinski definition) is 2. The Hall–Kier alpha value is -1.97. The highest BCUT2D eigenvalue weighted by atomic mass is 16.1. The van der Waals surface area contributed by atoms with Crippen molar-refractivity contribution in [2.24, 2.45) is 11.8 Å². The van der Waals surface area contributed by atoms with Gasteiger partial charge in [0.05, 0.1) is 5.56 Å². The number of fused-ring (bicyclic) bond motifs is 1. The van der Waals surface area contributed by atoms with Gasteiger partial charge in [-0.05, 0) is 42.9 Å². The second kappa shape index (κ2) is 5.43. The minimum Gasteiger partial charge on any atom is -0.399 e. The van der Waals surface area contributed by atoms with Crippen LogP contribution in [0.3, 0.4) is 0 Å². The van der Waals surface area contributed by atoms with Gasteiger partial charge in [0.15, 0.2) is 0 Å². The van der Waals surface area contributed by atoms with Crippen molar-refractivity contribution >= 4 is 22.5 Å². The summed E-state index contributed by atoms with van der Waals surface area (Å²) in [7, 11) is 0. The number of carbonyl (C=O) groups is 1. The molecule has 0 spiro atoms. The smallest absolute Gasteiger partial charge is 0.253 e. The van der Waals surface area contributed by atoms with Gasteiger partial charge in [-0.3, -0.25) is 4.79 Å². The number of rotatable bonds is 3. The number of hydrogen-bond donors (Lipinski definition) is 3. The Labute approximate surface area is 125 Å². The van der Waals surface area contributed by atoms with Crippen LogP contribution in [0.25, 0.3) is 10.9 Å². The second-order valence-corrected chi connectivity index (χ2v) is 6.19.